The van der Waals surface area contributed by atoms with Crippen LogP contribution in [0.25, 0.3) is 11.3 Å². The second kappa shape index (κ2) is 8.06. The highest BCUT2D eigenvalue weighted by molar-refractivity contribution is 7.99. The fraction of sp³-hybridized carbons (Fsp3) is 0.583. The van der Waals surface area contributed by atoms with Crippen molar-refractivity contribution in [1.82, 2.24) is 9.55 Å². The lowest BCUT2D eigenvalue weighted by molar-refractivity contribution is 0.414. The van der Waals surface area contributed by atoms with Crippen LogP contribution in [0.15, 0.2) is 34.2 Å². The Morgan fingerprint density at radius 3 is 2.68 bits per heavy atom. The predicted molar refractivity (Wildman–Crippen MR) is 118 cm³/mol. The van der Waals surface area contributed by atoms with E-state index in [1.54, 1.807) is 11.8 Å². The zero-order valence-corrected chi connectivity index (χ0v) is 18.3. The molecule has 0 bridgehead atoms. The molecule has 0 unspecified atom stereocenters. The van der Waals surface area contributed by atoms with Gasteiger partial charge in [-0.3, -0.25) is 9.36 Å². The number of rotatable bonds is 6. The summed E-state index contributed by atoms with van der Waals surface area (Å²) in [5.41, 5.74) is 4.79. The van der Waals surface area contributed by atoms with E-state index in [0.29, 0.717) is 5.92 Å². The number of thioether (sulfide) groups is 1. The van der Waals surface area contributed by atoms with Crippen molar-refractivity contribution < 1.29 is 0 Å². The number of fused-ring (bicyclic) bond motifs is 4. The Kier molecular flexibility index (Phi) is 5.69. The lowest BCUT2D eigenvalue weighted by atomic mass is 9.68. The largest absolute Gasteiger partial charge is 0.287 e. The molecule has 1 aromatic carbocycles. The van der Waals surface area contributed by atoms with E-state index in [-0.39, 0.29) is 11.0 Å². The van der Waals surface area contributed by atoms with Gasteiger partial charge in [-0.2, -0.15) is 0 Å². The maximum Gasteiger partial charge on any atom is 0.258 e. The van der Waals surface area contributed by atoms with Gasteiger partial charge in [0.1, 0.15) is 0 Å². The molecule has 2 aliphatic carbocycles. The summed E-state index contributed by atoms with van der Waals surface area (Å²) in [5, 5.41) is 0.913. The van der Waals surface area contributed by atoms with Gasteiger partial charge in [0.15, 0.2) is 5.16 Å². The fourth-order valence-corrected chi connectivity index (χ4v) is 6.22. The van der Waals surface area contributed by atoms with E-state index in [2.05, 4.69) is 45.0 Å². The van der Waals surface area contributed by atoms with Gasteiger partial charge in [-0.05, 0) is 43.6 Å². The first kappa shape index (κ1) is 19.8. The minimum Gasteiger partial charge on any atom is -0.287 e. The molecule has 1 fully saturated rings. The summed E-state index contributed by atoms with van der Waals surface area (Å²) >= 11 is 1.76. The molecular formula is C24H32N2OS. The molecule has 2 aliphatic rings. The number of hydrogen-bond donors (Lipinski definition) is 0. The molecule has 1 spiro atoms. The van der Waals surface area contributed by atoms with E-state index in [1.165, 1.54) is 24.0 Å². The zero-order valence-electron chi connectivity index (χ0n) is 17.5. The van der Waals surface area contributed by atoms with Crippen molar-refractivity contribution in [3.05, 3.63) is 45.7 Å². The van der Waals surface area contributed by atoms with E-state index in [9.17, 15) is 4.79 Å². The summed E-state index contributed by atoms with van der Waals surface area (Å²) < 4.78 is 1.98. The average molecular weight is 397 g/mol. The number of nitrogens with zero attached hydrogens (tertiary/aromatic N) is 2. The second-order valence-corrected chi connectivity index (χ2v) is 9.99. The minimum absolute atomic E-state index is 0.00436. The van der Waals surface area contributed by atoms with Crippen molar-refractivity contribution >= 4 is 11.8 Å². The van der Waals surface area contributed by atoms with Gasteiger partial charge in [0.25, 0.3) is 5.56 Å². The molecule has 1 aromatic heterocycles. The Labute approximate surface area is 173 Å². The topological polar surface area (TPSA) is 34.9 Å². The molecule has 28 heavy (non-hydrogen) atoms. The summed E-state index contributed by atoms with van der Waals surface area (Å²) in [6.07, 6.45) is 7.79. The molecular weight excluding hydrogens is 364 g/mol. The van der Waals surface area contributed by atoms with Gasteiger partial charge >= 0.3 is 0 Å². The first-order valence-electron chi connectivity index (χ1n) is 10.9. The highest BCUT2D eigenvalue weighted by atomic mass is 32.2. The molecule has 1 saturated carbocycles. The Bertz CT molecular complexity index is 909. The molecule has 150 valence electrons. The van der Waals surface area contributed by atoms with Crippen LogP contribution in [0.4, 0.5) is 0 Å². The van der Waals surface area contributed by atoms with E-state index in [1.807, 2.05) is 4.57 Å². The van der Waals surface area contributed by atoms with Crippen molar-refractivity contribution in [2.45, 2.75) is 82.8 Å². The lowest BCUT2D eigenvalue weighted by Crippen LogP contribution is -2.40. The Morgan fingerprint density at radius 2 is 1.96 bits per heavy atom. The van der Waals surface area contributed by atoms with E-state index < -0.39 is 0 Å². The van der Waals surface area contributed by atoms with Gasteiger partial charge in [-0.1, -0.05) is 69.6 Å². The standard InChI is InChI=1S/C24H32N2OS/c1-4-14-26-22(27)20-21(25-23(26)28-15-11-17(2)3)19-10-6-5-9-18(19)16-24(20)12-7-8-13-24/h5-6,9-10,17H,4,7-8,11-16H2,1-3H3. The van der Waals surface area contributed by atoms with Crippen LogP contribution in [0.3, 0.4) is 0 Å². The quantitative estimate of drug-likeness (QED) is 0.455. The molecule has 0 radical (unpaired) electrons. The molecule has 4 rings (SSSR count). The third kappa shape index (κ3) is 3.45. The summed E-state index contributed by atoms with van der Waals surface area (Å²) in [7, 11) is 0. The van der Waals surface area contributed by atoms with Gasteiger partial charge in [-0.25, -0.2) is 4.98 Å². The van der Waals surface area contributed by atoms with Gasteiger partial charge < -0.3 is 0 Å². The molecule has 2 aromatic rings. The summed E-state index contributed by atoms with van der Waals surface area (Å²) in [5.74, 6) is 1.68. The van der Waals surface area contributed by atoms with Gasteiger partial charge in [0.2, 0.25) is 0 Å². The van der Waals surface area contributed by atoms with Crippen molar-refractivity contribution in [3.63, 3.8) is 0 Å². The zero-order chi connectivity index (χ0) is 19.7. The first-order valence-corrected chi connectivity index (χ1v) is 11.9. The van der Waals surface area contributed by atoms with Crippen molar-refractivity contribution in [3.8, 4) is 11.3 Å². The SMILES string of the molecule is CCCn1c(SCCC(C)C)nc2c(c1=O)C1(CCCC1)Cc1ccccc1-2. The molecule has 4 heteroatoms. The van der Waals surface area contributed by atoms with E-state index >= 15 is 0 Å². The number of hydrogen-bond acceptors (Lipinski definition) is 3. The summed E-state index contributed by atoms with van der Waals surface area (Å²) in [6.45, 7) is 7.41. The van der Waals surface area contributed by atoms with Crippen LogP contribution < -0.4 is 5.56 Å². The fourth-order valence-electron chi connectivity index (χ4n) is 4.96. The molecule has 0 N–H and O–H groups in total. The van der Waals surface area contributed by atoms with Crippen LogP contribution in [-0.4, -0.2) is 15.3 Å². The van der Waals surface area contributed by atoms with Gasteiger partial charge in [-0.15, -0.1) is 0 Å². The van der Waals surface area contributed by atoms with Crippen LogP contribution in [-0.2, 0) is 18.4 Å². The highest BCUT2D eigenvalue weighted by Crippen LogP contribution is 2.49. The summed E-state index contributed by atoms with van der Waals surface area (Å²) in [6, 6.07) is 8.61. The first-order chi connectivity index (χ1) is 13.6. The van der Waals surface area contributed by atoms with Gasteiger partial charge in [0, 0.05) is 23.3 Å². The smallest absolute Gasteiger partial charge is 0.258 e. The third-order valence-electron chi connectivity index (χ3n) is 6.40. The van der Waals surface area contributed by atoms with Crippen LogP contribution in [0.1, 0.15) is 70.4 Å². The Morgan fingerprint density at radius 1 is 1.21 bits per heavy atom. The molecule has 0 saturated heterocycles. The lowest BCUT2D eigenvalue weighted by Gasteiger charge is -2.36. The van der Waals surface area contributed by atoms with Crippen molar-refractivity contribution in [2.24, 2.45) is 5.92 Å². The van der Waals surface area contributed by atoms with Gasteiger partial charge in [0.05, 0.1) is 11.3 Å². The maximum absolute atomic E-state index is 13.8. The Balaban J connectivity index is 1.89. The molecule has 3 nitrogen and oxygen atoms in total. The predicted octanol–water partition coefficient (Wildman–Crippen LogP) is 5.83. The maximum atomic E-state index is 13.8. The second-order valence-electron chi connectivity index (χ2n) is 8.93. The van der Waals surface area contributed by atoms with Crippen molar-refractivity contribution in [2.75, 3.05) is 5.75 Å². The summed E-state index contributed by atoms with van der Waals surface area (Å²) in [4.78, 5) is 19.0. The van der Waals surface area contributed by atoms with Crippen LogP contribution in [0, 0.1) is 5.92 Å². The number of benzene rings is 1. The van der Waals surface area contributed by atoms with Crippen molar-refractivity contribution in [1.29, 1.82) is 0 Å². The van der Waals surface area contributed by atoms with Crippen LogP contribution >= 0.6 is 11.8 Å². The molecule has 1 heterocycles. The average Bonchev–Trinajstić information content (AvgIpc) is 3.12. The molecule has 0 aliphatic heterocycles. The molecule has 0 atom stereocenters. The monoisotopic (exact) mass is 396 g/mol. The minimum atomic E-state index is 0.00436. The molecule has 0 amide bonds. The van der Waals surface area contributed by atoms with Crippen LogP contribution in [0.5, 0.6) is 0 Å². The Hall–Kier alpha value is -1.55. The van der Waals surface area contributed by atoms with E-state index in [0.717, 1.165) is 60.8 Å². The highest BCUT2D eigenvalue weighted by Gasteiger charge is 2.44. The number of aromatic nitrogens is 2. The third-order valence-corrected chi connectivity index (χ3v) is 7.41. The van der Waals surface area contributed by atoms with Crippen LogP contribution in [0.2, 0.25) is 0 Å². The normalized spacial score (nSPS) is 17.1. The van der Waals surface area contributed by atoms with E-state index in [4.69, 9.17) is 4.98 Å².